The maximum Gasteiger partial charge on any atom is 0.183 e. The van der Waals surface area contributed by atoms with Crippen LogP contribution in [-0.2, 0) is 9.84 Å². The smallest absolute Gasteiger partial charge is 0.183 e. The predicted octanol–water partition coefficient (Wildman–Crippen LogP) is 3.58. The molecule has 1 N–H and O–H groups in total. The van der Waals surface area contributed by atoms with E-state index in [0.29, 0.717) is 18.2 Å². The van der Waals surface area contributed by atoms with Crippen LogP contribution in [0.15, 0.2) is 11.4 Å². The highest BCUT2D eigenvalue weighted by Crippen LogP contribution is 2.35. The lowest BCUT2D eigenvalue weighted by atomic mass is 10.2. The molecule has 1 aliphatic heterocycles. The summed E-state index contributed by atoms with van der Waals surface area (Å²) in [5.41, 5.74) is 4.34. The highest BCUT2D eigenvalue weighted by atomic mass is 35.5. The molecule has 2 aliphatic rings. The number of hydrogen-bond acceptors (Lipinski definition) is 5. The van der Waals surface area contributed by atoms with Crippen molar-refractivity contribution in [1.82, 2.24) is 9.55 Å². The molecule has 1 saturated heterocycles. The van der Waals surface area contributed by atoms with Gasteiger partial charge in [-0.15, -0.1) is 23.7 Å². The van der Waals surface area contributed by atoms with Crippen LogP contribution in [0, 0.1) is 13.8 Å². The fraction of sp³-hybridized carbons (Fsp3) is 0.562. The average molecular weight is 388 g/mol. The third kappa shape index (κ3) is 3.34. The van der Waals surface area contributed by atoms with Gasteiger partial charge in [-0.1, -0.05) is 0 Å². The molecule has 1 aliphatic carbocycles. The van der Waals surface area contributed by atoms with Gasteiger partial charge in [0, 0.05) is 34.4 Å². The summed E-state index contributed by atoms with van der Waals surface area (Å²) < 4.78 is 25.8. The molecule has 0 aromatic carbocycles. The van der Waals surface area contributed by atoms with Crippen LogP contribution < -0.4 is 5.32 Å². The Morgan fingerprint density at radius 3 is 2.67 bits per heavy atom. The second kappa shape index (κ2) is 6.35. The van der Waals surface area contributed by atoms with Gasteiger partial charge in [0.25, 0.3) is 0 Å². The molecule has 0 amide bonds. The van der Waals surface area contributed by atoms with Crippen LogP contribution in [0.25, 0.3) is 11.3 Å². The van der Waals surface area contributed by atoms with Crippen molar-refractivity contribution in [3.8, 4) is 11.3 Å². The Kier molecular flexibility index (Phi) is 4.70. The van der Waals surface area contributed by atoms with Gasteiger partial charge in [0.05, 0.1) is 17.2 Å². The maximum atomic E-state index is 11.8. The molecule has 0 radical (unpaired) electrons. The number of aromatic nitrogens is 2. The van der Waals surface area contributed by atoms with Crippen LogP contribution in [0.2, 0.25) is 0 Å². The average Bonchev–Trinajstić information content (AvgIpc) is 2.91. The highest BCUT2D eigenvalue weighted by molar-refractivity contribution is 7.91. The summed E-state index contributed by atoms with van der Waals surface area (Å²) in [6.07, 6.45) is 3.18. The van der Waals surface area contributed by atoms with Crippen LogP contribution in [0.1, 0.15) is 36.7 Å². The molecule has 3 heterocycles. The molecule has 4 rings (SSSR count). The van der Waals surface area contributed by atoms with E-state index in [9.17, 15) is 8.42 Å². The standard InChI is InChI=1S/C16H21N3O2S2.ClH/c1-10-7-14(15-8-22-16(18-15)17-12-3-4-12)11(2)19(10)13-5-6-23(20,21)9-13;/h7-8,12-13H,3-6,9H2,1-2H3,(H,17,18);1H. The second-order valence-corrected chi connectivity index (χ2v) is 9.76. The van der Waals surface area contributed by atoms with E-state index in [4.69, 9.17) is 4.98 Å². The molecule has 24 heavy (non-hydrogen) atoms. The van der Waals surface area contributed by atoms with Crippen LogP contribution in [-0.4, -0.2) is 35.5 Å². The molecular weight excluding hydrogens is 366 g/mol. The van der Waals surface area contributed by atoms with Gasteiger partial charge in [-0.3, -0.25) is 0 Å². The summed E-state index contributed by atoms with van der Waals surface area (Å²) in [4.78, 5) is 4.71. The number of aryl methyl sites for hydroxylation is 1. The SMILES string of the molecule is Cc1cc(-c2csc(NC3CC3)n2)c(C)n1C1CCS(=O)(=O)C1.Cl. The summed E-state index contributed by atoms with van der Waals surface area (Å²) in [6.45, 7) is 4.12. The molecule has 8 heteroatoms. The fourth-order valence-corrected chi connectivity index (χ4v) is 5.93. The first kappa shape index (κ1) is 17.8. The Morgan fingerprint density at radius 2 is 2.04 bits per heavy atom. The summed E-state index contributed by atoms with van der Waals surface area (Å²) >= 11 is 1.64. The van der Waals surface area contributed by atoms with Crippen LogP contribution >= 0.6 is 23.7 Å². The van der Waals surface area contributed by atoms with Crippen LogP contribution in [0.4, 0.5) is 5.13 Å². The Balaban J connectivity index is 0.00000169. The minimum absolute atomic E-state index is 0. The van der Waals surface area contributed by atoms with Crippen LogP contribution in [0.3, 0.4) is 0 Å². The minimum Gasteiger partial charge on any atom is -0.359 e. The summed E-state index contributed by atoms with van der Waals surface area (Å²) in [7, 11) is -2.88. The van der Waals surface area contributed by atoms with Gasteiger partial charge in [-0.25, -0.2) is 13.4 Å². The van der Waals surface area contributed by atoms with Gasteiger partial charge in [0.1, 0.15) is 0 Å². The number of sulfone groups is 1. The third-order valence-corrected chi connectivity index (χ3v) is 7.27. The van der Waals surface area contributed by atoms with E-state index >= 15 is 0 Å². The molecule has 1 saturated carbocycles. The van der Waals surface area contributed by atoms with Crippen molar-refractivity contribution in [2.24, 2.45) is 0 Å². The van der Waals surface area contributed by atoms with Gasteiger partial charge in [-0.05, 0) is 39.2 Å². The second-order valence-electron chi connectivity index (χ2n) is 6.67. The number of hydrogen-bond donors (Lipinski definition) is 1. The molecule has 2 aromatic heterocycles. The first-order chi connectivity index (χ1) is 10.9. The fourth-order valence-electron chi connectivity index (χ4n) is 3.44. The molecule has 132 valence electrons. The lowest BCUT2D eigenvalue weighted by Gasteiger charge is -2.16. The lowest BCUT2D eigenvalue weighted by molar-refractivity contribution is 0.536. The van der Waals surface area contributed by atoms with Crippen molar-refractivity contribution in [2.75, 3.05) is 16.8 Å². The van der Waals surface area contributed by atoms with Crippen molar-refractivity contribution in [1.29, 1.82) is 0 Å². The molecule has 1 unspecified atom stereocenters. The lowest BCUT2D eigenvalue weighted by Crippen LogP contribution is -2.13. The zero-order valence-corrected chi connectivity index (χ0v) is 16.2. The zero-order valence-electron chi connectivity index (χ0n) is 13.8. The Morgan fingerprint density at radius 1 is 1.29 bits per heavy atom. The molecule has 2 fully saturated rings. The normalized spacial score (nSPS) is 22.3. The van der Waals surface area contributed by atoms with E-state index < -0.39 is 9.84 Å². The van der Waals surface area contributed by atoms with E-state index in [-0.39, 0.29) is 24.2 Å². The number of nitrogens with one attached hydrogen (secondary N) is 1. The van der Waals surface area contributed by atoms with Gasteiger partial charge in [-0.2, -0.15) is 0 Å². The quantitative estimate of drug-likeness (QED) is 0.870. The predicted molar refractivity (Wildman–Crippen MR) is 101 cm³/mol. The molecule has 0 spiro atoms. The van der Waals surface area contributed by atoms with Crippen molar-refractivity contribution < 1.29 is 8.42 Å². The van der Waals surface area contributed by atoms with Crippen molar-refractivity contribution in [3.63, 3.8) is 0 Å². The van der Waals surface area contributed by atoms with Gasteiger partial charge in [0.2, 0.25) is 0 Å². The largest absolute Gasteiger partial charge is 0.359 e. The Labute approximate surface area is 152 Å². The van der Waals surface area contributed by atoms with E-state index in [0.717, 1.165) is 27.8 Å². The van der Waals surface area contributed by atoms with E-state index in [1.54, 1.807) is 11.3 Å². The summed E-state index contributed by atoms with van der Waals surface area (Å²) in [5, 5.41) is 6.50. The van der Waals surface area contributed by atoms with Gasteiger partial charge in [0.15, 0.2) is 15.0 Å². The van der Waals surface area contributed by atoms with Crippen molar-refractivity contribution in [2.45, 2.75) is 45.2 Å². The maximum absolute atomic E-state index is 11.8. The molecule has 2 aromatic rings. The summed E-state index contributed by atoms with van der Waals surface area (Å²) in [5.74, 6) is 0.560. The van der Waals surface area contributed by atoms with E-state index in [1.165, 1.54) is 12.8 Å². The van der Waals surface area contributed by atoms with Gasteiger partial charge < -0.3 is 9.88 Å². The van der Waals surface area contributed by atoms with Crippen LogP contribution in [0.5, 0.6) is 0 Å². The zero-order chi connectivity index (χ0) is 16.2. The number of thiazole rings is 1. The van der Waals surface area contributed by atoms with E-state index in [1.807, 2.05) is 0 Å². The number of halogens is 1. The monoisotopic (exact) mass is 387 g/mol. The van der Waals surface area contributed by atoms with Crippen molar-refractivity contribution >= 4 is 38.7 Å². The first-order valence-corrected chi connectivity index (χ1v) is 10.7. The molecule has 5 nitrogen and oxygen atoms in total. The number of anilines is 1. The highest BCUT2D eigenvalue weighted by Gasteiger charge is 2.31. The molecule has 0 bridgehead atoms. The van der Waals surface area contributed by atoms with E-state index in [2.05, 4.69) is 35.2 Å². The molecule has 1 atom stereocenters. The Hall–Kier alpha value is -1.05. The topological polar surface area (TPSA) is 64.0 Å². The molecular formula is C16H22ClN3O2S2. The number of rotatable bonds is 4. The van der Waals surface area contributed by atoms with Gasteiger partial charge >= 0.3 is 0 Å². The Bertz CT molecular complexity index is 853. The van der Waals surface area contributed by atoms with Crippen molar-refractivity contribution in [3.05, 3.63) is 22.8 Å². The third-order valence-electron chi connectivity index (χ3n) is 4.74. The summed E-state index contributed by atoms with van der Waals surface area (Å²) in [6, 6.07) is 2.80. The minimum atomic E-state index is -2.88. The first-order valence-electron chi connectivity index (χ1n) is 8.04. The number of nitrogens with zero attached hydrogens (tertiary/aromatic N) is 2.